The minimum Gasteiger partial charge on any atom is -0.356 e. The van der Waals surface area contributed by atoms with Crippen LogP contribution >= 0.6 is 24.0 Å². The molecule has 1 amide bonds. The largest absolute Gasteiger partial charge is 0.356 e. The number of sulfonamides is 1. The van der Waals surface area contributed by atoms with Gasteiger partial charge in [-0.2, -0.15) is 0 Å². The number of likely N-dealkylation sites (N-methyl/N-ethyl adjacent to an activating group) is 1. The van der Waals surface area contributed by atoms with Crippen molar-refractivity contribution in [2.45, 2.75) is 30.7 Å². The second-order valence-electron chi connectivity index (χ2n) is 8.10. The van der Waals surface area contributed by atoms with Gasteiger partial charge in [0.25, 0.3) is 0 Å². The Labute approximate surface area is 207 Å². The number of guanidine groups is 1. The first-order valence-electron chi connectivity index (χ1n) is 9.88. The fourth-order valence-corrected chi connectivity index (χ4v) is 3.26. The van der Waals surface area contributed by atoms with Gasteiger partial charge in [-0.25, -0.2) is 18.5 Å². The molecule has 0 unspecified atom stereocenters. The minimum absolute atomic E-state index is 0. The van der Waals surface area contributed by atoms with E-state index >= 15 is 0 Å². The van der Waals surface area contributed by atoms with Crippen molar-refractivity contribution in [3.63, 3.8) is 0 Å². The first-order valence-corrected chi connectivity index (χ1v) is 11.4. The lowest BCUT2D eigenvalue weighted by Gasteiger charge is -2.27. The molecule has 0 bridgehead atoms. The Hall–Kier alpha value is -2.18. The van der Waals surface area contributed by atoms with Crippen LogP contribution in [0.4, 0.5) is 0 Å². The number of nitrogens with zero attached hydrogens (tertiary/aromatic N) is 2. The number of carbonyl (C=O) groups is 1. The highest BCUT2D eigenvalue weighted by Crippen LogP contribution is 2.21. The van der Waals surface area contributed by atoms with Gasteiger partial charge in [-0.15, -0.1) is 24.0 Å². The highest BCUT2D eigenvalue weighted by Gasteiger charge is 2.21. The summed E-state index contributed by atoms with van der Waals surface area (Å²) in [5.41, 5.74) is 1.84. The van der Waals surface area contributed by atoms with Gasteiger partial charge in [-0.1, -0.05) is 56.3 Å². The van der Waals surface area contributed by atoms with Crippen molar-refractivity contribution in [1.29, 1.82) is 0 Å². The maximum atomic E-state index is 12.0. The molecule has 0 heterocycles. The van der Waals surface area contributed by atoms with Crippen LogP contribution in [-0.2, 0) is 26.8 Å². The first-order chi connectivity index (χ1) is 14.5. The third-order valence-electron chi connectivity index (χ3n) is 4.83. The number of amides is 1. The predicted octanol–water partition coefficient (Wildman–Crippen LogP) is 2.05. The van der Waals surface area contributed by atoms with E-state index in [2.05, 4.69) is 41.6 Å². The molecule has 10 heteroatoms. The molecule has 176 valence electrons. The average Bonchev–Trinajstić information content (AvgIpc) is 2.73. The van der Waals surface area contributed by atoms with E-state index in [9.17, 15) is 13.2 Å². The van der Waals surface area contributed by atoms with E-state index in [4.69, 9.17) is 5.14 Å². The maximum absolute atomic E-state index is 12.0. The number of halogens is 1. The Morgan fingerprint density at radius 3 is 2.16 bits per heavy atom. The average molecular weight is 574 g/mol. The van der Waals surface area contributed by atoms with Crippen LogP contribution in [0, 0.1) is 0 Å². The van der Waals surface area contributed by atoms with Gasteiger partial charge in [-0.3, -0.25) is 4.79 Å². The van der Waals surface area contributed by atoms with E-state index in [1.54, 1.807) is 26.2 Å². The van der Waals surface area contributed by atoms with Gasteiger partial charge in [0, 0.05) is 26.1 Å². The van der Waals surface area contributed by atoms with Gasteiger partial charge >= 0.3 is 0 Å². The Balaban J connectivity index is 0.00000512. The second-order valence-corrected chi connectivity index (χ2v) is 9.66. The second kappa shape index (κ2) is 12.2. The Bertz CT molecular complexity index is 1010. The zero-order valence-electron chi connectivity index (χ0n) is 18.8. The molecule has 4 N–H and O–H groups in total. The van der Waals surface area contributed by atoms with E-state index in [-0.39, 0.29) is 46.7 Å². The quantitative estimate of drug-likeness (QED) is 0.254. The van der Waals surface area contributed by atoms with E-state index in [0.29, 0.717) is 19.0 Å². The summed E-state index contributed by atoms with van der Waals surface area (Å²) in [5, 5.41) is 11.5. The highest BCUT2D eigenvalue weighted by molar-refractivity contribution is 14.0. The molecule has 2 aromatic carbocycles. The van der Waals surface area contributed by atoms with E-state index < -0.39 is 10.0 Å². The molecule has 0 aliphatic carbocycles. The molecular formula is C22H32IN5O3S. The van der Waals surface area contributed by atoms with Crippen LogP contribution in [0.2, 0.25) is 0 Å². The molecule has 0 spiro atoms. The number of nitrogens with one attached hydrogen (secondary N) is 2. The Morgan fingerprint density at radius 1 is 1.03 bits per heavy atom. The lowest BCUT2D eigenvalue weighted by molar-refractivity contribution is -0.127. The van der Waals surface area contributed by atoms with E-state index in [0.717, 1.165) is 5.56 Å². The van der Waals surface area contributed by atoms with Crippen molar-refractivity contribution in [2.75, 3.05) is 27.2 Å². The molecule has 0 aliphatic heterocycles. The number of rotatable bonds is 8. The van der Waals surface area contributed by atoms with Gasteiger partial charge < -0.3 is 15.5 Å². The standard InChI is InChI=1S/C22H31N5O3S.HI/c1-22(2,18-8-6-5-7-9-18)16-26-21(25-15-20(28)27(3)4)24-14-17-10-12-19(13-11-17)31(23,29)30;/h5-13H,14-16H2,1-4H3,(H2,23,29,30)(H2,24,25,26);1H. The van der Waals surface area contributed by atoms with E-state index in [1.807, 2.05) is 18.2 Å². The summed E-state index contributed by atoms with van der Waals surface area (Å²) in [6.45, 7) is 5.27. The fourth-order valence-electron chi connectivity index (χ4n) is 2.74. The summed E-state index contributed by atoms with van der Waals surface area (Å²) in [4.78, 5) is 18.1. The molecule has 0 radical (unpaired) electrons. The number of benzene rings is 2. The molecule has 0 atom stereocenters. The highest BCUT2D eigenvalue weighted by atomic mass is 127. The van der Waals surface area contributed by atoms with Gasteiger partial charge in [-0.05, 0) is 23.3 Å². The molecule has 0 saturated carbocycles. The lowest BCUT2D eigenvalue weighted by atomic mass is 9.85. The number of hydrogen-bond acceptors (Lipinski definition) is 4. The van der Waals surface area contributed by atoms with Crippen LogP contribution in [0.25, 0.3) is 0 Å². The zero-order chi connectivity index (χ0) is 23.1. The SMILES string of the molecule is CN(C)C(=O)CNC(=NCc1ccc(S(N)(=O)=O)cc1)NCC(C)(C)c1ccccc1.I. The first kappa shape index (κ1) is 27.9. The van der Waals surface area contributed by atoms with Crippen LogP contribution in [0.15, 0.2) is 64.5 Å². The number of carbonyl (C=O) groups excluding carboxylic acids is 1. The van der Waals surface area contributed by atoms with Crippen molar-refractivity contribution >= 4 is 45.9 Å². The molecule has 0 aromatic heterocycles. The van der Waals surface area contributed by atoms with Crippen molar-refractivity contribution in [3.05, 3.63) is 65.7 Å². The molecule has 2 aromatic rings. The summed E-state index contributed by atoms with van der Waals surface area (Å²) in [7, 11) is -0.343. The zero-order valence-corrected chi connectivity index (χ0v) is 22.0. The lowest BCUT2D eigenvalue weighted by Crippen LogP contribution is -2.46. The monoisotopic (exact) mass is 573 g/mol. The van der Waals surface area contributed by atoms with Gasteiger partial charge in [0.05, 0.1) is 18.0 Å². The number of nitrogens with two attached hydrogens (primary N) is 1. The van der Waals surface area contributed by atoms with Gasteiger partial charge in [0.15, 0.2) is 5.96 Å². The van der Waals surface area contributed by atoms with E-state index in [1.165, 1.54) is 22.6 Å². The van der Waals surface area contributed by atoms with Crippen molar-refractivity contribution < 1.29 is 13.2 Å². The van der Waals surface area contributed by atoms with Crippen LogP contribution in [0.3, 0.4) is 0 Å². The summed E-state index contributed by atoms with van der Waals surface area (Å²) in [6.07, 6.45) is 0. The Morgan fingerprint density at radius 2 is 1.62 bits per heavy atom. The normalized spacial score (nSPS) is 12.0. The van der Waals surface area contributed by atoms with Crippen LogP contribution in [0.5, 0.6) is 0 Å². The Kier molecular flexibility index (Phi) is 10.6. The van der Waals surface area contributed by atoms with Crippen molar-refractivity contribution in [3.8, 4) is 0 Å². The summed E-state index contributed by atoms with van der Waals surface area (Å²) in [6, 6.07) is 16.4. The summed E-state index contributed by atoms with van der Waals surface area (Å²) in [5.74, 6) is 0.420. The summed E-state index contributed by atoms with van der Waals surface area (Å²) < 4.78 is 22.8. The topological polar surface area (TPSA) is 117 Å². The van der Waals surface area contributed by atoms with Crippen LogP contribution in [-0.4, -0.2) is 52.4 Å². The van der Waals surface area contributed by atoms with Gasteiger partial charge in [0.2, 0.25) is 15.9 Å². The molecule has 32 heavy (non-hydrogen) atoms. The van der Waals surface area contributed by atoms with Gasteiger partial charge in [0.1, 0.15) is 0 Å². The third-order valence-corrected chi connectivity index (χ3v) is 5.76. The predicted molar refractivity (Wildman–Crippen MR) is 139 cm³/mol. The fraction of sp³-hybridized carbons (Fsp3) is 0.364. The number of aliphatic imine (C=N–C) groups is 1. The smallest absolute Gasteiger partial charge is 0.241 e. The number of primary sulfonamides is 1. The van der Waals surface area contributed by atoms with Crippen molar-refractivity contribution in [2.24, 2.45) is 10.1 Å². The summed E-state index contributed by atoms with van der Waals surface area (Å²) >= 11 is 0. The molecule has 0 saturated heterocycles. The molecule has 8 nitrogen and oxygen atoms in total. The number of hydrogen-bond donors (Lipinski definition) is 3. The molecule has 2 rings (SSSR count). The molecule has 0 fully saturated rings. The van der Waals surface area contributed by atoms with Crippen LogP contribution in [0.1, 0.15) is 25.0 Å². The molecule has 0 aliphatic rings. The molecular weight excluding hydrogens is 541 g/mol. The third kappa shape index (κ3) is 8.75. The minimum atomic E-state index is -3.73. The maximum Gasteiger partial charge on any atom is 0.241 e. The van der Waals surface area contributed by atoms with Crippen LogP contribution < -0.4 is 15.8 Å². The van der Waals surface area contributed by atoms with Crippen molar-refractivity contribution in [1.82, 2.24) is 15.5 Å².